The predicted octanol–water partition coefficient (Wildman–Crippen LogP) is 5.98. The number of methoxy groups -OCH3 is 1. The SMILES string of the molecule is COC(=O)c1ccc(C=C2Oc3cc(OCc4c(Cl)cccc4Cl)ccc3C2=O)cc1. The van der Waals surface area contributed by atoms with Crippen molar-refractivity contribution >= 4 is 41.0 Å². The smallest absolute Gasteiger partial charge is 0.337 e. The lowest BCUT2D eigenvalue weighted by atomic mass is 10.1. The Morgan fingerprint density at radius 1 is 1.03 bits per heavy atom. The normalized spacial score (nSPS) is 13.6. The van der Waals surface area contributed by atoms with E-state index < -0.39 is 5.97 Å². The largest absolute Gasteiger partial charge is 0.489 e. The van der Waals surface area contributed by atoms with Crippen LogP contribution in [-0.2, 0) is 11.3 Å². The molecule has 1 aliphatic rings. The Balaban J connectivity index is 1.50. The first-order valence-corrected chi connectivity index (χ1v) is 10.0. The Morgan fingerprint density at radius 3 is 2.42 bits per heavy atom. The zero-order valence-electron chi connectivity index (χ0n) is 16.4. The van der Waals surface area contributed by atoms with Crippen LogP contribution in [0.2, 0.25) is 10.0 Å². The standard InChI is InChI=1S/C24H16Cl2O5/c1-29-24(28)15-7-5-14(6-8-15)11-22-23(27)17-10-9-16(12-21(17)31-22)30-13-18-19(25)3-2-4-20(18)26/h2-12H,13H2,1H3. The lowest BCUT2D eigenvalue weighted by molar-refractivity contribution is 0.0600. The molecular formula is C24H16Cl2O5. The molecule has 156 valence electrons. The van der Waals surface area contributed by atoms with Crippen molar-refractivity contribution in [3.05, 3.63) is 98.7 Å². The summed E-state index contributed by atoms with van der Waals surface area (Å²) >= 11 is 12.3. The number of rotatable bonds is 5. The number of ether oxygens (including phenoxy) is 3. The average Bonchev–Trinajstić information content (AvgIpc) is 3.08. The molecule has 0 aromatic heterocycles. The van der Waals surface area contributed by atoms with E-state index in [1.807, 2.05) is 0 Å². The second-order valence-electron chi connectivity index (χ2n) is 6.70. The number of ketones is 1. The molecule has 1 heterocycles. The fraction of sp³-hybridized carbons (Fsp3) is 0.0833. The van der Waals surface area contributed by atoms with Crippen molar-refractivity contribution in [1.29, 1.82) is 0 Å². The van der Waals surface area contributed by atoms with Crippen LogP contribution in [0.3, 0.4) is 0 Å². The number of halogens is 2. The molecule has 1 aliphatic heterocycles. The molecule has 5 nitrogen and oxygen atoms in total. The summed E-state index contributed by atoms with van der Waals surface area (Å²) in [6, 6.07) is 16.9. The van der Waals surface area contributed by atoms with Gasteiger partial charge >= 0.3 is 5.97 Å². The number of carbonyl (C=O) groups excluding carboxylic acids is 2. The molecule has 0 unspecified atom stereocenters. The molecule has 7 heteroatoms. The van der Waals surface area contributed by atoms with E-state index in [9.17, 15) is 9.59 Å². The first-order valence-electron chi connectivity index (χ1n) is 9.28. The minimum atomic E-state index is -0.426. The first-order chi connectivity index (χ1) is 15.0. The van der Waals surface area contributed by atoms with Gasteiger partial charge in [-0.05, 0) is 48.0 Å². The zero-order chi connectivity index (χ0) is 22.0. The van der Waals surface area contributed by atoms with Crippen LogP contribution in [0.25, 0.3) is 6.08 Å². The van der Waals surface area contributed by atoms with Gasteiger partial charge in [0.2, 0.25) is 5.78 Å². The van der Waals surface area contributed by atoms with E-state index >= 15 is 0 Å². The molecule has 0 fully saturated rings. The highest BCUT2D eigenvalue weighted by Crippen LogP contribution is 2.35. The Labute approximate surface area is 188 Å². The Kier molecular flexibility index (Phi) is 5.98. The van der Waals surface area contributed by atoms with Crippen LogP contribution in [0, 0.1) is 0 Å². The van der Waals surface area contributed by atoms with Crippen LogP contribution < -0.4 is 9.47 Å². The number of hydrogen-bond donors (Lipinski definition) is 0. The summed E-state index contributed by atoms with van der Waals surface area (Å²) in [6.07, 6.45) is 1.62. The van der Waals surface area contributed by atoms with E-state index in [2.05, 4.69) is 4.74 Å². The molecule has 0 saturated carbocycles. The highest BCUT2D eigenvalue weighted by atomic mass is 35.5. The summed E-state index contributed by atoms with van der Waals surface area (Å²) in [5.74, 6) is 0.460. The lowest BCUT2D eigenvalue weighted by Crippen LogP contribution is -2.01. The topological polar surface area (TPSA) is 61.8 Å². The first kappa shape index (κ1) is 21.0. The summed E-state index contributed by atoms with van der Waals surface area (Å²) in [4.78, 5) is 24.2. The van der Waals surface area contributed by atoms with Gasteiger partial charge in [-0.3, -0.25) is 4.79 Å². The summed E-state index contributed by atoms with van der Waals surface area (Å²) in [5, 5.41) is 1.03. The van der Waals surface area contributed by atoms with Crippen LogP contribution >= 0.6 is 23.2 Å². The molecule has 0 N–H and O–H groups in total. The number of fused-ring (bicyclic) bond motifs is 1. The van der Waals surface area contributed by atoms with Gasteiger partial charge in [-0.25, -0.2) is 4.79 Å². The number of benzene rings is 3. The molecule has 0 saturated heterocycles. The maximum Gasteiger partial charge on any atom is 0.337 e. The molecule has 0 radical (unpaired) electrons. The third kappa shape index (κ3) is 4.43. The second-order valence-corrected chi connectivity index (χ2v) is 7.51. The van der Waals surface area contributed by atoms with E-state index in [1.165, 1.54) is 7.11 Å². The summed E-state index contributed by atoms with van der Waals surface area (Å²) in [6.45, 7) is 0.181. The maximum absolute atomic E-state index is 12.7. The zero-order valence-corrected chi connectivity index (χ0v) is 17.9. The van der Waals surface area contributed by atoms with Crippen LogP contribution in [0.1, 0.15) is 31.8 Å². The Morgan fingerprint density at radius 2 is 1.74 bits per heavy atom. The number of hydrogen-bond acceptors (Lipinski definition) is 5. The molecule has 0 aliphatic carbocycles. The van der Waals surface area contributed by atoms with Crippen LogP contribution in [0.15, 0.2) is 66.4 Å². The summed E-state index contributed by atoms with van der Waals surface area (Å²) < 4.78 is 16.2. The lowest BCUT2D eigenvalue weighted by Gasteiger charge is -2.10. The molecule has 31 heavy (non-hydrogen) atoms. The summed E-state index contributed by atoms with van der Waals surface area (Å²) in [7, 11) is 1.32. The Bertz CT molecular complexity index is 1180. The fourth-order valence-electron chi connectivity index (χ4n) is 3.07. The molecular weight excluding hydrogens is 439 g/mol. The monoisotopic (exact) mass is 454 g/mol. The third-order valence-electron chi connectivity index (χ3n) is 4.72. The van der Waals surface area contributed by atoms with E-state index in [4.69, 9.17) is 32.7 Å². The molecule has 0 amide bonds. The number of Topliss-reactive ketones (excluding diaryl/α,β-unsaturated/α-hetero) is 1. The van der Waals surface area contributed by atoms with Gasteiger partial charge < -0.3 is 14.2 Å². The minimum absolute atomic E-state index is 0.181. The molecule has 0 spiro atoms. The third-order valence-corrected chi connectivity index (χ3v) is 5.42. The molecule has 0 atom stereocenters. The highest BCUT2D eigenvalue weighted by molar-refractivity contribution is 6.35. The van der Waals surface area contributed by atoms with Gasteiger partial charge in [-0.2, -0.15) is 0 Å². The second kappa shape index (κ2) is 8.84. The van der Waals surface area contributed by atoms with Crippen molar-refractivity contribution in [2.45, 2.75) is 6.61 Å². The van der Waals surface area contributed by atoms with Gasteiger partial charge in [0.05, 0.1) is 18.2 Å². The van der Waals surface area contributed by atoms with E-state index in [0.717, 1.165) is 0 Å². The summed E-state index contributed by atoms with van der Waals surface area (Å²) in [5.41, 5.74) is 2.26. The van der Waals surface area contributed by atoms with Gasteiger partial charge in [0.25, 0.3) is 0 Å². The van der Waals surface area contributed by atoms with Gasteiger partial charge in [0.1, 0.15) is 18.1 Å². The van der Waals surface area contributed by atoms with Crippen molar-refractivity contribution in [2.24, 2.45) is 0 Å². The van der Waals surface area contributed by atoms with Crippen molar-refractivity contribution in [2.75, 3.05) is 7.11 Å². The molecule has 4 rings (SSSR count). The van der Waals surface area contributed by atoms with Gasteiger partial charge in [-0.1, -0.05) is 41.4 Å². The van der Waals surface area contributed by atoms with E-state index in [-0.39, 0.29) is 18.1 Å². The Hall–Kier alpha value is -3.28. The van der Waals surface area contributed by atoms with E-state index in [0.29, 0.717) is 43.8 Å². The predicted molar refractivity (Wildman–Crippen MR) is 118 cm³/mol. The quantitative estimate of drug-likeness (QED) is 0.350. The van der Waals surface area contributed by atoms with Crippen molar-refractivity contribution in [3.63, 3.8) is 0 Å². The van der Waals surface area contributed by atoms with Crippen LogP contribution in [0.4, 0.5) is 0 Å². The fourth-order valence-corrected chi connectivity index (χ4v) is 3.57. The van der Waals surface area contributed by atoms with Gasteiger partial charge in [-0.15, -0.1) is 0 Å². The van der Waals surface area contributed by atoms with Gasteiger partial charge in [0, 0.05) is 21.7 Å². The molecule has 3 aromatic carbocycles. The van der Waals surface area contributed by atoms with Crippen LogP contribution in [0.5, 0.6) is 11.5 Å². The number of carbonyl (C=O) groups is 2. The highest BCUT2D eigenvalue weighted by Gasteiger charge is 2.27. The van der Waals surface area contributed by atoms with E-state index in [1.54, 1.807) is 66.7 Å². The number of esters is 1. The minimum Gasteiger partial charge on any atom is -0.489 e. The van der Waals surface area contributed by atoms with Crippen LogP contribution in [-0.4, -0.2) is 18.9 Å². The van der Waals surface area contributed by atoms with Gasteiger partial charge in [0.15, 0.2) is 5.76 Å². The van der Waals surface area contributed by atoms with Crippen molar-refractivity contribution in [1.82, 2.24) is 0 Å². The molecule has 3 aromatic rings. The van der Waals surface area contributed by atoms with Crippen molar-refractivity contribution in [3.8, 4) is 11.5 Å². The average molecular weight is 455 g/mol. The van der Waals surface area contributed by atoms with Crippen molar-refractivity contribution < 1.29 is 23.8 Å². The molecule has 0 bridgehead atoms. The maximum atomic E-state index is 12.7. The number of allylic oxidation sites excluding steroid dienone is 1.